The summed E-state index contributed by atoms with van der Waals surface area (Å²) in [5.41, 5.74) is 2.51. The van der Waals surface area contributed by atoms with E-state index in [1.807, 2.05) is 12.1 Å². The number of hydrogen-bond donors (Lipinski definition) is 1. The van der Waals surface area contributed by atoms with Gasteiger partial charge in [-0.1, -0.05) is 0 Å². The van der Waals surface area contributed by atoms with Crippen LogP contribution in [0.4, 0.5) is 5.69 Å². The number of hydrogen-bond acceptors (Lipinski definition) is 4. The molecule has 1 atom stereocenters. The first kappa shape index (κ1) is 12.6. The normalized spacial score (nSPS) is 11.9. The van der Waals surface area contributed by atoms with Crippen LogP contribution in [0.25, 0.3) is 0 Å². The molecule has 0 bridgehead atoms. The number of nitriles is 1. The first-order chi connectivity index (χ1) is 8.61. The Hall–Kier alpha value is -1.86. The lowest BCUT2D eigenvalue weighted by molar-refractivity contribution is 0.878. The zero-order valence-corrected chi connectivity index (χ0v) is 11.5. The van der Waals surface area contributed by atoms with Gasteiger partial charge in [0.2, 0.25) is 0 Å². The maximum Gasteiger partial charge on any atom is 0.163 e. The third kappa shape index (κ3) is 2.52. The Morgan fingerprint density at radius 1 is 1.44 bits per heavy atom. The van der Waals surface area contributed by atoms with Crippen molar-refractivity contribution >= 4 is 17.0 Å². The second-order valence-electron chi connectivity index (χ2n) is 4.25. The van der Waals surface area contributed by atoms with E-state index in [1.54, 1.807) is 17.5 Å². The second-order valence-corrected chi connectivity index (χ2v) is 5.71. The van der Waals surface area contributed by atoms with Crippen LogP contribution in [0.5, 0.6) is 0 Å². The van der Waals surface area contributed by atoms with Crippen molar-refractivity contribution in [3.05, 3.63) is 45.4 Å². The molecule has 0 spiro atoms. The Bertz CT molecular complexity index is 595. The van der Waals surface area contributed by atoms with E-state index in [0.29, 0.717) is 5.69 Å². The fraction of sp³-hybridized carbons (Fsp3) is 0.286. The maximum absolute atomic E-state index is 9.01. The lowest BCUT2D eigenvalue weighted by Crippen LogP contribution is -2.08. The molecule has 3 nitrogen and oxygen atoms in total. The van der Waals surface area contributed by atoms with Crippen molar-refractivity contribution in [1.82, 2.24) is 4.98 Å². The molecule has 2 rings (SSSR count). The van der Waals surface area contributed by atoms with Crippen LogP contribution in [-0.4, -0.2) is 4.98 Å². The first-order valence-electron chi connectivity index (χ1n) is 5.80. The van der Waals surface area contributed by atoms with Crippen LogP contribution >= 0.6 is 11.3 Å². The molecule has 1 unspecified atom stereocenters. The van der Waals surface area contributed by atoms with Crippen molar-refractivity contribution in [1.29, 1.82) is 5.26 Å². The van der Waals surface area contributed by atoms with Gasteiger partial charge in [-0.15, -0.1) is 11.3 Å². The van der Waals surface area contributed by atoms with Gasteiger partial charge >= 0.3 is 0 Å². The number of aromatic nitrogens is 1. The predicted octanol–water partition coefficient (Wildman–Crippen LogP) is 3.80. The average Bonchev–Trinajstić information content (AvgIpc) is 2.69. The van der Waals surface area contributed by atoms with Crippen molar-refractivity contribution in [2.75, 3.05) is 5.32 Å². The van der Waals surface area contributed by atoms with Crippen LogP contribution in [0, 0.1) is 25.2 Å². The lowest BCUT2D eigenvalue weighted by Gasteiger charge is -2.15. The highest BCUT2D eigenvalue weighted by atomic mass is 32.1. The molecule has 0 radical (unpaired) electrons. The Morgan fingerprint density at radius 2 is 2.22 bits per heavy atom. The van der Waals surface area contributed by atoms with E-state index in [4.69, 9.17) is 5.26 Å². The van der Waals surface area contributed by atoms with Crippen molar-refractivity contribution in [3.8, 4) is 6.07 Å². The smallest absolute Gasteiger partial charge is 0.163 e. The van der Waals surface area contributed by atoms with Crippen LogP contribution in [0.1, 0.15) is 34.0 Å². The van der Waals surface area contributed by atoms with Crippen molar-refractivity contribution in [3.63, 3.8) is 0 Å². The summed E-state index contributed by atoms with van der Waals surface area (Å²) in [5, 5.41) is 12.4. The van der Waals surface area contributed by atoms with E-state index in [2.05, 4.69) is 43.2 Å². The Labute approximate surface area is 111 Å². The standard InChI is InChI=1S/C14H15N3S/c1-9-7-12(11(3)18-9)10(2)17-13-5-4-6-16-14(13)8-15/h4-7,10,17H,1-3H3. The third-order valence-electron chi connectivity index (χ3n) is 2.83. The van der Waals surface area contributed by atoms with E-state index in [9.17, 15) is 0 Å². The molecule has 2 aromatic heterocycles. The van der Waals surface area contributed by atoms with Crippen LogP contribution < -0.4 is 5.32 Å². The highest BCUT2D eigenvalue weighted by Crippen LogP contribution is 2.28. The van der Waals surface area contributed by atoms with Gasteiger partial charge in [0, 0.05) is 22.0 Å². The number of pyridine rings is 1. The minimum absolute atomic E-state index is 0.172. The Morgan fingerprint density at radius 3 is 2.83 bits per heavy atom. The SMILES string of the molecule is Cc1cc(C(C)Nc2cccnc2C#N)c(C)s1. The summed E-state index contributed by atoms with van der Waals surface area (Å²) in [6.45, 7) is 6.33. The van der Waals surface area contributed by atoms with Crippen molar-refractivity contribution in [2.45, 2.75) is 26.8 Å². The second kappa shape index (κ2) is 5.19. The van der Waals surface area contributed by atoms with E-state index in [0.717, 1.165) is 5.69 Å². The summed E-state index contributed by atoms with van der Waals surface area (Å²) in [5.74, 6) is 0. The molecule has 0 aromatic carbocycles. The molecule has 0 aliphatic rings. The molecule has 2 heterocycles. The monoisotopic (exact) mass is 257 g/mol. The largest absolute Gasteiger partial charge is 0.376 e. The Kier molecular flexibility index (Phi) is 3.63. The van der Waals surface area contributed by atoms with Gasteiger partial charge in [0.05, 0.1) is 5.69 Å². The van der Waals surface area contributed by atoms with E-state index in [1.165, 1.54) is 15.3 Å². The van der Waals surface area contributed by atoms with Gasteiger partial charge in [0.1, 0.15) is 6.07 Å². The molecule has 0 aliphatic carbocycles. The lowest BCUT2D eigenvalue weighted by atomic mass is 10.1. The van der Waals surface area contributed by atoms with E-state index < -0.39 is 0 Å². The van der Waals surface area contributed by atoms with Crippen molar-refractivity contribution < 1.29 is 0 Å². The topological polar surface area (TPSA) is 48.7 Å². The molecule has 0 saturated heterocycles. The number of aryl methyl sites for hydroxylation is 2. The van der Waals surface area contributed by atoms with E-state index >= 15 is 0 Å². The van der Waals surface area contributed by atoms with Crippen molar-refractivity contribution in [2.24, 2.45) is 0 Å². The summed E-state index contributed by atoms with van der Waals surface area (Å²) in [7, 11) is 0. The summed E-state index contributed by atoms with van der Waals surface area (Å²) in [6, 6.07) is 8.19. The molecule has 2 aromatic rings. The molecular formula is C14H15N3S. The summed E-state index contributed by atoms with van der Waals surface area (Å²) < 4.78 is 0. The maximum atomic E-state index is 9.01. The molecule has 1 N–H and O–H groups in total. The zero-order chi connectivity index (χ0) is 13.1. The van der Waals surface area contributed by atoms with Crippen LogP contribution in [-0.2, 0) is 0 Å². The van der Waals surface area contributed by atoms with Gasteiger partial charge in [0.15, 0.2) is 5.69 Å². The number of nitrogens with one attached hydrogen (secondary N) is 1. The molecular weight excluding hydrogens is 242 g/mol. The van der Waals surface area contributed by atoms with Gasteiger partial charge in [-0.2, -0.15) is 5.26 Å². The van der Waals surface area contributed by atoms with E-state index in [-0.39, 0.29) is 6.04 Å². The van der Waals surface area contributed by atoms with Gasteiger partial charge < -0.3 is 5.32 Å². The zero-order valence-electron chi connectivity index (χ0n) is 10.7. The molecule has 0 amide bonds. The van der Waals surface area contributed by atoms with Crippen LogP contribution in [0.15, 0.2) is 24.4 Å². The number of anilines is 1. The molecule has 4 heteroatoms. The minimum Gasteiger partial charge on any atom is -0.376 e. The molecule has 18 heavy (non-hydrogen) atoms. The predicted molar refractivity (Wildman–Crippen MR) is 74.8 cm³/mol. The van der Waals surface area contributed by atoms with Gasteiger partial charge in [0.25, 0.3) is 0 Å². The fourth-order valence-corrected chi connectivity index (χ4v) is 3.02. The first-order valence-corrected chi connectivity index (χ1v) is 6.62. The summed E-state index contributed by atoms with van der Waals surface area (Å²) in [4.78, 5) is 6.67. The van der Waals surface area contributed by atoms with Gasteiger partial charge in [-0.3, -0.25) is 0 Å². The summed E-state index contributed by atoms with van der Waals surface area (Å²) >= 11 is 1.80. The molecule has 0 aliphatic heterocycles. The highest BCUT2D eigenvalue weighted by molar-refractivity contribution is 7.12. The van der Waals surface area contributed by atoms with Gasteiger partial charge in [-0.25, -0.2) is 4.98 Å². The number of rotatable bonds is 3. The molecule has 0 saturated carbocycles. The summed E-state index contributed by atoms with van der Waals surface area (Å²) in [6.07, 6.45) is 1.63. The van der Waals surface area contributed by atoms with Crippen LogP contribution in [0.2, 0.25) is 0 Å². The average molecular weight is 257 g/mol. The van der Waals surface area contributed by atoms with Gasteiger partial charge in [-0.05, 0) is 44.5 Å². The highest BCUT2D eigenvalue weighted by Gasteiger charge is 2.12. The number of thiophene rings is 1. The Balaban J connectivity index is 2.24. The fourth-order valence-electron chi connectivity index (χ4n) is 2.00. The molecule has 92 valence electrons. The minimum atomic E-state index is 0.172. The third-order valence-corrected chi connectivity index (χ3v) is 3.81. The van der Waals surface area contributed by atoms with Crippen LogP contribution in [0.3, 0.4) is 0 Å². The molecule has 0 fully saturated rings. The quantitative estimate of drug-likeness (QED) is 0.909. The number of nitrogens with zero attached hydrogens (tertiary/aromatic N) is 2.